The molecule has 8 aromatic heterocycles. The first kappa shape index (κ1) is 108. The average Bonchev–Trinajstić information content (AvgIpc) is 1.59. The molecule has 2 aromatic carbocycles. The van der Waals surface area contributed by atoms with E-state index in [1.54, 1.807) is 23.5 Å². The third-order valence-electron chi connectivity index (χ3n) is 26.1. The standard InChI is InChI=1S/C30H43N7O4.C27H39N7O4.C19H30N6O3.C18H29N7O3.C5H10O/c1-29(2,3)19-11-13-20(14-12-19)35-22(38)10-8-7-9-15-36(6)16-21-24-25(41-30(4,5)40-24)28(39-21)37-18-34-23-26(31)32-17-33-27(23)37;1-27(2,3)17-9-11-18(12-10-17)32-20(35)8-6-5-7-13-33(4)14-19-22(36)23(37)26(38-19)34-16-31-21-24(28)29-15-30-25(21)34;1-5-6-7-8-24(4)9-12-14-15(28-19(2,3)27-14)18(26-12)25-11-23-13-16(20)21-10-22-17(13)25;1-18(2)27-13-11(8-24(3)7-5-4-6-19)26-17(14(13)28-18)25-10-23-12-15(20)21-9-22-16(12)25;1-2-3-4-5-6/h11-14,17-18,21,24-25,28H,7-10,15-16H2,1-6H3,(H,35,38)(H2,31,32,33);9-12,15-16,19,22-23,26,36-37H,5-8,13-14H2,1-4H3,(H,32,35)(H2,28,29,30);10-12,14-15,18H,5-9H2,1-4H3,(H2,20,21,22);9-11,13-14,17H,4-8,19H2,1-3H3,(H2,20,21,22);5H,2-4H2,1H3/t21-,24-,25-,28-;19-,22-,23-,26-;12-,14-,15-,18-;11-,13-,14-,17-;/m1111./s1. The van der Waals surface area contributed by atoms with Gasteiger partial charge in [-0.15, -0.1) is 0 Å². The molecule has 16 atom stereocenters. The maximum Gasteiger partial charge on any atom is 0.224 e. The fraction of sp³-hybridized carbons (Fsp3) is 0.646. The van der Waals surface area contributed by atoms with Crippen molar-refractivity contribution in [3.8, 4) is 0 Å². The van der Waals surface area contributed by atoms with Crippen LogP contribution in [0.4, 0.5) is 34.6 Å². The zero-order valence-electron chi connectivity index (χ0n) is 85.3. The summed E-state index contributed by atoms with van der Waals surface area (Å²) >= 11 is 0. The zero-order chi connectivity index (χ0) is 101. The molecule has 7 aliphatic rings. The van der Waals surface area contributed by atoms with Crippen LogP contribution in [0.3, 0.4) is 0 Å². The van der Waals surface area contributed by atoms with Crippen molar-refractivity contribution in [2.24, 2.45) is 5.73 Å². The molecule has 14 N–H and O–H groups in total. The number of amides is 2. The van der Waals surface area contributed by atoms with E-state index in [0.717, 1.165) is 128 Å². The molecule has 0 bridgehead atoms. The summed E-state index contributed by atoms with van der Waals surface area (Å²) in [6.45, 7) is 35.9. The Balaban J connectivity index is 0.000000157. The quantitative estimate of drug-likeness (QED) is 0.0129. The number of aliphatic hydroxyl groups excluding tert-OH is 2. The monoisotopic (exact) mass is 1960 g/mol. The first-order valence-electron chi connectivity index (χ1n) is 49.6. The second-order valence-corrected chi connectivity index (χ2v) is 41.2. The number of aldehydes is 1. The van der Waals surface area contributed by atoms with E-state index in [0.29, 0.717) is 94.6 Å². The number of aliphatic hydroxyl groups is 2. The molecule has 0 saturated carbocycles. The number of imidazole rings is 4. The van der Waals surface area contributed by atoms with Gasteiger partial charge in [-0.2, -0.15) is 0 Å². The normalized spacial score (nSPS) is 24.7. The Morgan fingerprint density at radius 1 is 0.390 bits per heavy atom. The smallest absolute Gasteiger partial charge is 0.224 e. The number of aromatic nitrogens is 16. The molecule has 7 saturated heterocycles. The van der Waals surface area contributed by atoms with Gasteiger partial charge in [0.05, 0.1) is 25.3 Å². The maximum absolute atomic E-state index is 12.4. The van der Waals surface area contributed by atoms with Crippen LogP contribution in [-0.4, -0.2) is 304 Å². The van der Waals surface area contributed by atoms with Crippen molar-refractivity contribution in [3.05, 3.63) is 110 Å². The van der Waals surface area contributed by atoms with E-state index >= 15 is 0 Å². The van der Waals surface area contributed by atoms with Gasteiger partial charge in [0.1, 0.15) is 127 Å². The molecule has 7 fully saturated rings. The summed E-state index contributed by atoms with van der Waals surface area (Å²) in [7, 11) is 8.25. The second-order valence-electron chi connectivity index (χ2n) is 41.2. The Kier molecular flexibility index (Phi) is 36.8. The molecule has 0 radical (unpaired) electrons. The fourth-order valence-electron chi connectivity index (χ4n) is 18.7. The van der Waals surface area contributed by atoms with E-state index in [1.807, 2.05) is 86.6 Å². The van der Waals surface area contributed by atoms with Crippen molar-refractivity contribution in [1.82, 2.24) is 97.7 Å². The van der Waals surface area contributed by atoms with Crippen molar-refractivity contribution in [2.45, 2.75) is 326 Å². The number of fused-ring (bicyclic) bond motifs is 7. The summed E-state index contributed by atoms with van der Waals surface area (Å²) < 4.78 is 69.9. The molecule has 15 heterocycles. The summed E-state index contributed by atoms with van der Waals surface area (Å²) in [6, 6.07) is 16.1. The van der Waals surface area contributed by atoms with Gasteiger partial charge in [-0.25, -0.2) is 59.8 Å². The largest absolute Gasteiger partial charge is 0.387 e. The molecule has 0 aliphatic carbocycles. The summed E-state index contributed by atoms with van der Waals surface area (Å²) in [5.74, 6) is -0.692. The Hall–Kier alpha value is -10.2. The number of nitrogen functional groups attached to an aromatic ring is 4. The van der Waals surface area contributed by atoms with Gasteiger partial charge in [-0.3, -0.25) is 27.9 Å². The molecule has 17 rings (SSSR count). The molecule has 141 heavy (non-hydrogen) atoms. The number of likely N-dealkylation sites (N-methyl/N-ethyl adjacent to an activating group) is 4. The lowest BCUT2D eigenvalue weighted by atomic mass is 9.87. The minimum atomic E-state index is -1.13. The average molecular weight is 1960 g/mol. The Morgan fingerprint density at radius 3 is 0.979 bits per heavy atom. The van der Waals surface area contributed by atoms with E-state index in [2.05, 4.69) is 191 Å². The van der Waals surface area contributed by atoms with Gasteiger partial charge < -0.3 is 121 Å². The number of ether oxygens (including phenoxy) is 10. The highest BCUT2D eigenvalue weighted by atomic mass is 16.8. The highest BCUT2D eigenvalue weighted by molar-refractivity contribution is 5.91. The highest BCUT2D eigenvalue weighted by Gasteiger charge is 2.59. The zero-order valence-corrected chi connectivity index (χ0v) is 85.3. The number of nitrogens with one attached hydrogen (secondary N) is 2. The van der Waals surface area contributed by atoms with Crippen LogP contribution < -0.4 is 39.3 Å². The first-order chi connectivity index (χ1) is 67.2. The van der Waals surface area contributed by atoms with Gasteiger partial charge in [0.2, 0.25) is 11.8 Å². The molecule has 2 amide bonds. The molecular formula is C99H151N27O15. The van der Waals surface area contributed by atoms with Gasteiger partial charge in [0.15, 0.2) is 88.1 Å². The summed E-state index contributed by atoms with van der Waals surface area (Å²) in [5, 5.41) is 27.2. The molecule has 0 unspecified atom stereocenters. The third kappa shape index (κ3) is 27.7. The van der Waals surface area contributed by atoms with Crippen LogP contribution in [-0.2, 0) is 72.6 Å². The van der Waals surface area contributed by atoms with Gasteiger partial charge in [0.25, 0.3) is 0 Å². The van der Waals surface area contributed by atoms with E-state index in [9.17, 15) is 24.6 Å². The molecule has 7 aliphatic heterocycles. The molecule has 10 aromatic rings. The number of nitrogens with two attached hydrogens (primary N) is 5. The molecule has 42 heteroatoms. The number of unbranched alkanes of at least 4 members (excludes halogenated alkanes) is 9. The predicted octanol–water partition coefficient (Wildman–Crippen LogP) is 10.5. The van der Waals surface area contributed by atoms with Gasteiger partial charge >= 0.3 is 0 Å². The van der Waals surface area contributed by atoms with Crippen LogP contribution in [0.1, 0.15) is 236 Å². The minimum Gasteiger partial charge on any atom is -0.387 e. The topological polar surface area (TPSA) is 525 Å². The number of hydrogen-bond acceptors (Lipinski definition) is 36. The number of rotatable bonds is 37. The lowest BCUT2D eigenvalue weighted by Gasteiger charge is -2.27. The Labute approximate surface area is 825 Å². The lowest BCUT2D eigenvalue weighted by molar-refractivity contribution is -0.197. The lowest BCUT2D eigenvalue weighted by Crippen LogP contribution is -2.38. The van der Waals surface area contributed by atoms with E-state index in [-0.39, 0.29) is 89.6 Å². The Bertz CT molecular complexity index is 5540. The highest BCUT2D eigenvalue weighted by Crippen LogP contribution is 2.48. The van der Waals surface area contributed by atoms with Crippen molar-refractivity contribution in [1.29, 1.82) is 0 Å². The summed E-state index contributed by atoms with van der Waals surface area (Å²) in [4.78, 5) is 93.8. The van der Waals surface area contributed by atoms with Crippen LogP contribution in [0.15, 0.2) is 99.1 Å². The van der Waals surface area contributed by atoms with E-state index in [1.165, 1.54) is 62.0 Å². The number of nitrogens with zero attached hydrogens (tertiary/aromatic N) is 20. The van der Waals surface area contributed by atoms with E-state index < -0.39 is 54.4 Å². The second kappa shape index (κ2) is 48.0. The van der Waals surface area contributed by atoms with Crippen LogP contribution >= 0.6 is 0 Å². The molecule has 0 spiro atoms. The SMILES string of the molecule is CCCCC=O.CCCCCN(C)C[C@H]1O[C@@H](n2cnc3c(N)ncnc32)[C@@H]2OC(C)(C)O[C@@H]21.CN(CCCCCC(=O)Nc1ccc(C(C)(C)C)cc1)C[C@H]1O[C@@H](n2cnc3c(N)ncnc32)[C@@H]2OC(C)(C)O[C@@H]21.CN(CCCCCC(=O)Nc1ccc(C(C)(C)C)cc1)C[C@H]1O[C@@H](n2cnc3c(N)ncnc32)[C@H](O)[C@@H]1O.CN(CCCCN)C[C@H]1O[C@@H](n2cnc3c(N)ncnc32)[C@@H]2OC(C)(C)O[C@@H]21. The first-order valence-corrected chi connectivity index (χ1v) is 49.6. The van der Waals surface area contributed by atoms with Gasteiger partial charge in [-0.05, 0) is 200 Å². The van der Waals surface area contributed by atoms with Gasteiger partial charge in [0, 0.05) is 56.8 Å². The predicted molar refractivity (Wildman–Crippen MR) is 536 cm³/mol. The van der Waals surface area contributed by atoms with Crippen molar-refractivity contribution >= 4 is 97.4 Å². The molecular weight excluding hydrogens is 1810 g/mol. The molecule has 42 nitrogen and oxygen atoms in total. The molecule has 772 valence electrons. The Morgan fingerprint density at radius 2 is 0.681 bits per heavy atom. The van der Waals surface area contributed by atoms with Crippen LogP contribution in [0.2, 0.25) is 0 Å². The fourth-order valence-corrected chi connectivity index (χ4v) is 18.7. The van der Waals surface area contributed by atoms with Gasteiger partial charge in [-0.1, -0.05) is 112 Å². The van der Waals surface area contributed by atoms with Crippen LogP contribution in [0.25, 0.3) is 44.7 Å². The van der Waals surface area contributed by atoms with Crippen molar-refractivity contribution in [2.75, 3.05) is 121 Å². The third-order valence-corrected chi connectivity index (χ3v) is 26.1. The minimum absolute atomic E-state index is 0.0171. The number of benzene rings is 2. The summed E-state index contributed by atoms with van der Waals surface area (Å²) in [5.41, 5.74) is 38.0. The number of hydrogen-bond donors (Lipinski definition) is 9. The summed E-state index contributed by atoms with van der Waals surface area (Å²) in [6.07, 6.45) is 21.5. The van der Waals surface area contributed by atoms with Crippen LogP contribution in [0, 0.1) is 0 Å². The van der Waals surface area contributed by atoms with Crippen LogP contribution in [0.5, 0.6) is 0 Å². The number of carbonyl (C=O) groups is 3. The van der Waals surface area contributed by atoms with Crippen molar-refractivity contribution < 1.29 is 72.0 Å². The number of anilines is 6. The number of carbonyl (C=O) groups excluding carboxylic acids is 3. The van der Waals surface area contributed by atoms with E-state index in [4.69, 9.17) is 76.0 Å². The van der Waals surface area contributed by atoms with Crippen molar-refractivity contribution in [3.63, 3.8) is 0 Å². The maximum atomic E-state index is 12.4.